The van der Waals surface area contributed by atoms with E-state index in [0.29, 0.717) is 16.5 Å². The van der Waals surface area contributed by atoms with Gasteiger partial charge in [0.05, 0.1) is 18.0 Å². The number of rotatable bonds is 10. The summed E-state index contributed by atoms with van der Waals surface area (Å²) in [6.07, 6.45) is 2.61. The molecule has 0 spiro atoms. The standard InChI is InChI=1S/C32H35F2N5O5/c1-16(2)10-25(36-30(42)20-8-7-9-38(5)32(20)44)31(43)35-24(14-26(40)41)21-12-19(13-23(33)28(21)34)27-17(3)11-18(4)29-22(27)15-39(6)37-29/h7-9,11-13,15-16,24-25H,10,14H2,1-6H3,(H,35,43)(H,36,42)(H,40,41)/t24-,25-/m0/s1. The van der Waals surface area contributed by atoms with Crippen molar-refractivity contribution in [1.29, 1.82) is 0 Å². The first-order valence-electron chi connectivity index (χ1n) is 14.1. The second kappa shape index (κ2) is 12.8. The number of hydrogen-bond donors (Lipinski definition) is 3. The Kier molecular flexibility index (Phi) is 9.31. The number of carbonyl (C=O) groups excluding carboxylic acids is 2. The van der Waals surface area contributed by atoms with Gasteiger partial charge >= 0.3 is 5.97 Å². The van der Waals surface area contributed by atoms with Gasteiger partial charge in [-0.15, -0.1) is 0 Å². The maximum Gasteiger partial charge on any atom is 0.305 e. The van der Waals surface area contributed by atoms with E-state index in [1.807, 2.05) is 33.8 Å². The van der Waals surface area contributed by atoms with Crippen LogP contribution >= 0.6 is 0 Å². The molecule has 10 nitrogen and oxygen atoms in total. The van der Waals surface area contributed by atoms with E-state index in [9.17, 15) is 24.3 Å². The SMILES string of the molecule is Cc1cc(C)c2nn(C)cc2c1-c1cc(F)c(F)c([C@H](CC(=O)O)NC(=O)[C@H](CC(C)C)NC(=O)c2cccn(C)c2=O)c1. The van der Waals surface area contributed by atoms with Gasteiger partial charge in [-0.1, -0.05) is 19.9 Å². The lowest BCUT2D eigenvalue weighted by Gasteiger charge is -2.25. The van der Waals surface area contributed by atoms with Crippen LogP contribution < -0.4 is 16.2 Å². The number of nitrogens with zero attached hydrogens (tertiary/aromatic N) is 3. The van der Waals surface area contributed by atoms with Crippen LogP contribution in [0.1, 0.15) is 59.8 Å². The number of carboxylic acids is 1. The minimum atomic E-state index is -1.49. The Labute approximate surface area is 252 Å². The van der Waals surface area contributed by atoms with Crippen molar-refractivity contribution in [2.24, 2.45) is 20.0 Å². The molecule has 2 atom stereocenters. The van der Waals surface area contributed by atoms with E-state index in [-0.39, 0.29) is 29.0 Å². The van der Waals surface area contributed by atoms with Gasteiger partial charge in [-0.3, -0.25) is 23.9 Å². The fourth-order valence-electron chi connectivity index (χ4n) is 5.43. The van der Waals surface area contributed by atoms with Crippen molar-refractivity contribution in [2.75, 3.05) is 0 Å². The average Bonchev–Trinajstić information content (AvgIpc) is 3.32. The minimum absolute atomic E-state index is 0.105. The third kappa shape index (κ3) is 6.69. The first kappa shape index (κ1) is 32.1. The number of pyridine rings is 1. The second-order valence-electron chi connectivity index (χ2n) is 11.5. The van der Waals surface area contributed by atoms with Gasteiger partial charge in [-0.25, -0.2) is 8.78 Å². The molecule has 12 heteroatoms. The molecule has 0 aliphatic carbocycles. The zero-order chi connectivity index (χ0) is 32.5. The maximum atomic E-state index is 15.4. The molecule has 0 aliphatic heterocycles. The largest absolute Gasteiger partial charge is 0.481 e. The Morgan fingerprint density at radius 3 is 2.41 bits per heavy atom. The highest BCUT2D eigenvalue weighted by Crippen LogP contribution is 2.36. The Morgan fingerprint density at radius 1 is 1.05 bits per heavy atom. The summed E-state index contributed by atoms with van der Waals surface area (Å²) in [6, 6.07) is 4.39. The van der Waals surface area contributed by atoms with Crippen LogP contribution in [-0.2, 0) is 23.7 Å². The molecule has 2 heterocycles. The van der Waals surface area contributed by atoms with Crippen LogP contribution in [0.3, 0.4) is 0 Å². The summed E-state index contributed by atoms with van der Waals surface area (Å²) < 4.78 is 33.4. The van der Waals surface area contributed by atoms with Gasteiger partial charge < -0.3 is 20.3 Å². The zero-order valence-electron chi connectivity index (χ0n) is 25.4. The number of hydrogen-bond acceptors (Lipinski definition) is 5. The van der Waals surface area contributed by atoms with Crippen LogP contribution in [0.5, 0.6) is 0 Å². The van der Waals surface area contributed by atoms with Gasteiger partial charge in [0.1, 0.15) is 11.6 Å². The molecular weight excluding hydrogens is 572 g/mol. The normalized spacial score (nSPS) is 12.8. The molecule has 44 heavy (non-hydrogen) atoms. The van der Waals surface area contributed by atoms with Crippen molar-refractivity contribution < 1.29 is 28.3 Å². The van der Waals surface area contributed by atoms with Crippen molar-refractivity contribution in [1.82, 2.24) is 25.0 Å². The summed E-state index contributed by atoms with van der Waals surface area (Å²) in [5.41, 5.74) is 2.10. The first-order valence-corrected chi connectivity index (χ1v) is 14.1. The molecular formula is C32H35F2N5O5. The molecule has 3 N–H and O–H groups in total. The summed E-state index contributed by atoms with van der Waals surface area (Å²) in [6.45, 7) is 7.34. The van der Waals surface area contributed by atoms with E-state index in [2.05, 4.69) is 15.7 Å². The number of benzene rings is 2. The Bertz CT molecular complexity index is 1830. The van der Waals surface area contributed by atoms with Crippen LogP contribution in [0.4, 0.5) is 8.78 Å². The number of aryl methyl sites for hydroxylation is 4. The number of halogens is 2. The monoisotopic (exact) mass is 607 g/mol. The Morgan fingerprint density at radius 2 is 1.75 bits per heavy atom. The lowest BCUT2D eigenvalue weighted by atomic mass is 9.91. The highest BCUT2D eigenvalue weighted by atomic mass is 19.2. The quantitative estimate of drug-likeness (QED) is 0.246. The molecule has 4 aromatic rings. The van der Waals surface area contributed by atoms with Gasteiger partial charge in [-0.2, -0.15) is 5.10 Å². The van der Waals surface area contributed by atoms with E-state index in [1.165, 1.54) is 36.0 Å². The number of aromatic nitrogens is 3. The van der Waals surface area contributed by atoms with Crippen LogP contribution in [0.15, 0.2) is 47.5 Å². The Balaban J connectivity index is 1.75. The molecule has 232 valence electrons. The predicted molar refractivity (Wildman–Crippen MR) is 161 cm³/mol. The molecule has 2 amide bonds. The number of carbonyl (C=O) groups is 3. The van der Waals surface area contributed by atoms with Gasteiger partial charge in [-0.05, 0) is 72.7 Å². The molecule has 0 bridgehead atoms. The molecule has 2 aromatic heterocycles. The van der Waals surface area contributed by atoms with Crippen molar-refractivity contribution >= 4 is 28.7 Å². The third-order valence-corrected chi connectivity index (χ3v) is 7.41. The summed E-state index contributed by atoms with van der Waals surface area (Å²) in [5, 5.41) is 19.9. The lowest BCUT2D eigenvalue weighted by Crippen LogP contribution is -2.49. The van der Waals surface area contributed by atoms with Crippen molar-refractivity contribution in [3.8, 4) is 11.1 Å². The van der Waals surface area contributed by atoms with Crippen molar-refractivity contribution in [3.05, 3.63) is 87.0 Å². The van der Waals surface area contributed by atoms with Gasteiger partial charge in [0.15, 0.2) is 11.6 Å². The molecule has 0 aliphatic rings. The molecule has 0 fully saturated rings. The molecule has 2 aromatic carbocycles. The lowest BCUT2D eigenvalue weighted by molar-refractivity contribution is -0.137. The topological polar surface area (TPSA) is 135 Å². The molecule has 0 saturated carbocycles. The zero-order valence-corrected chi connectivity index (χ0v) is 25.4. The minimum Gasteiger partial charge on any atom is -0.481 e. The highest BCUT2D eigenvalue weighted by molar-refractivity contribution is 5.99. The van der Waals surface area contributed by atoms with Crippen LogP contribution in [0, 0.1) is 31.4 Å². The molecule has 0 radical (unpaired) electrons. The van der Waals surface area contributed by atoms with Crippen molar-refractivity contribution in [3.63, 3.8) is 0 Å². The predicted octanol–water partition coefficient (Wildman–Crippen LogP) is 4.31. The summed E-state index contributed by atoms with van der Waals surface area (Å²) in [4.78, 5) is 50.9. The number of nitrogens with one attached hydrogen (secondary N) is 2. The summed E-state index contributed by atoms with van der Waals surface area (Å²) in [7, 11) is 3.23. The van der Waals surface area contributed by atoms with Crippen LogP contribution in [0.25, 0.3) is 22.0 Å². The van der Waals surface area contributed by atoms with E-state index >= 15 is 8.78 Å². The molecule has 0 unspecified atom stereocenters. The van der Waals surface area contributed by atoms with Crippen molar-refractivity contribution in [2.45, 2.75) is 52.6 Å². The number of carboxylic acid groups (broad SMARTS) is 1. The molecule has 0 saturated heterocycles. The fraction of sp³-hybridized carbons (Fsp3) is 0.344. The van der Waals surface area contributed by atoms with Crippen LogP contribution in [0.2, 0.25) is 0 Å². The van der Waals surface area contributed by atoms with E-state index in [1.54, 1.807) is 17.9 Å². The number of fused-ring (bicyclic) bond motifs is 1. The fourth-order valence-corrected chi connectivity index (χ4v) is 5.43. The second-order valence-corrected chi connectivity index (χ2v) is 11.5. The summed E-state index contributed by atoms with van der Waals surface area (Å²) in [5.74, 6) is -5.59. The smallest absolute Gasteiger partial charge is 0.305 e. The first-order chi connectivity index (χ1) is 20.7. The van der Waals surface area contributed by atoms with Gasteiger partial charge in [0.25, 0.3) is 11.5 Å². The average molecular weight is 608 g/mol. The maximum absolute atomic E-state index is 15.4. The van der Waals surface area contributed by atoms with E-state index in [4.69, 9.17) is 0 Å². The summed E-state index contributed by atoms with van der Waals surface area (Å²) >= 11 is 0. The van der Waals surface area contributed by atoms with E-state index in [0.717, 1.165) is 17.2 Å². The Hall–Kier alpha value is -4.87. The highest BCUT2D eigenvalue weighted by Gasteiger charge is 2.30. The number of amides is 2. The van der Waals surface area contributed by atoms with Crippen LogP contribution in [-0.4, -0.2) is 43.3 Å². The molecule has 4 rings (SSSR count). The third-order valence-electron chi connectivity index (χ3n) is 7.41. The van der Waals surface area contributed by atoms with Gasteiger partial charge in [0, 0.05) is 37.4 Å². The van der Waals surface area contributed by atoms with E-state index < -0.39 is 53.5 Å². The number of aliphatic carboxylic acids is 1. The van der Waals surface area contributed by atoms with Gasteiger partial charge in [0.2, 0.25) is 5.91 Å².